The molecular formula is C11H17N. The molecule has 0 N–H and O–H groups in total. The quantitative estimate of drug-likeness (QED) is 0.519. The van der Waals surface area contributed by atoms with E-state index in [4.69, 9.17) is 0 Å². The fraction of sp³-hybridized carbons (Fsp3) is 0.545. The van der Waals surface area contributed by atoms with E-state index >= 15 is 0 Å². The molecule has 0 radical (unpaired) electrons. The lowest BCUT2D eigenvalue weighted by Crippen LogP contribution is -2.16. The molecule has 0 spiro atoms. The Labute approximate surface area is 74.9 Å². The van der Waals surface area contributed by atoms with Gasteiger partial charge in [-0.1, -0.05) is 26.3 Å². The van der Waals surface area contributed by atoms with Crippen molar-refractivity contribution in [1.29, 1.82) is 0 Å². The molecule has 0 amide bonds. The van der Waals surface area contributed by atoms with Crippen LogP contribution >= 0.6 is 0 Å². The fourth-order valence-corrected chi connectivity index (χ4v) is 1.06. The molecule has 1 heteroatoms. The molecular weight excluding hydrogens is 146 g/mol. The summed E-state index contributed by atoms with van der Waals surface area (Å²) in [4.78, 5) is 4.54. The Morgan fingerprint density at radius 1 is 1.17 bits per heavy atom. The Bertz CT molecular complexity index is 268. The second-order valence-corrected chi connectivity index (χ2v) is 4.47. The third-order valence-electron chi connectivity index (χ3n) is 1.92. The molecule has 66 valence electrons. The highest BCUT2D eigenvalue weighted by atomic mass is 14.8. The number of nitrogens with zero attached hydrogens (tertiary/aromatic N) is 1. The predicted molar refractivity (Wildman–Crippen MR) is 54.4 cm³/mol. The van der Waals surface area contributed by atoms with Crippen molar-refractivity contribution in [3.05, 3.63) is 23.4 Å². The average Bonchev–Trinajstić information content (AvgIpc) is 2.30. The van der Waals surface area contributed by atoms with Gasteiger partial charge in [0.15, 0.2) is 0 Å². The highest BCUT2D eigenvalue weighted by molar-refractivity contribution is 6.02. The zero-order chi connectivity index (χ0) is 9.35. The van der Waals surface area contributed by atoms with Crippen molar-refractivity contribution in [3.8, 4) is 0 Å². The van der Waals surface area contributed by atoms with E-state index in [2.05, 4.69) is 51.8 Å². The van der Waals surface area contributed by atoms with Crippen molar-refractivity contribution in [1.82, 2.24) is 0 Å². The molecule has 1 heterocycles. The molecule has 1 aliphatic rings. The van der Waals surface area contributed by atoms with Gasteiger partial charge in [-0.05, 0) is 26.0 Å². The van der Waals surface area contributed by atoms with Gasteiger partial charge in [-0.25, -0.2) is 0 Å². The zero-order valence-electron chi connectivity index (χ0n) is 8.60. The van der Waals surface area contributed by atoms with Crippen molar-refractivity contribution < 1.29 is 0 Å². The van der Waals surface area contributed by atoms with Crippen molar-refractivity contribution >= 4 is 5.71 Å². The summed E-state index contributed by atoms with van der Waals surface area (Å²) in [6.07, 6.45) is 4.21. The molecule has 1 nitrogen and oxygen atoms in total. The Morgan fingerprint density at radius 3 is 2.00 bits per heavy atom. The van der Waals surface area contributed by atoms with Crippen LogP contribution in [0.15, 0.2) is 28.4 Å². The van der Waals surface area contributed by atoms with Crippen LogP contribution in [0.3, 0.4) is 0 Å². The first-order valence-corrected chi connectivity index (χ1v) is 4.36. The van der Waals surface area contributed by atoms with E-state index in [9.17, 15) is 0 Å². The number of hydrogen-bond acceptors (Lipinski definition) is 1. The van der Waals surface area contributed by atoms with E-state index in [0.29, 0.717) is 0 Å². The lowest BCUT2D eigenvalue weighted by atomic mass is 9.90. The Hall–Kier alpha value is -0.850. The van der Waals surface area contributed by atoms with Crippen LogP contribution in [0.2, 0.25) is 0 Å². The molecule has 0 atom stereocenters. The summed E-state index contributed by atoms with van der Waals surface area (Å²) in [6, 6.07) is 0. The Kier molecular flexibility index (Phi) is 2.22. The summed E-state index contributed by atoms with van der Waals surface area (Å²) in [5.74, 6) is 0. The number of rotatable bonds is 0. The molecule has 0 unspecified atom stereocenters. The van der Waals surface area contributed by atoms with E-state index in [0.717, 1.165) is 5.70 Å². The van der Waals surface area contributed by atoms with Gasteiger partial charge in [0, 0.05) is 11.1 Å². The maximum atomic E-state index is 4.54. The minimum Gasteiger partial charge on any atom is -0.253 e. The summed E-state index contributed by atoms with van der Waals surface area (Å²) >= 11 is 0. The number of allylic oxidation sites excluding steroid dienone is 3. The monoisotopic (exact) mass is 163 g/mol. The molecule has 1 rings (SSSR count). The molecule has 0 bridgehead atoms. The third-order valence-corrected chi connectivity index (χ3v) is 1.92. The molecule has 0 aromatic rings. The van der Waals surface area contributed by atoms with E-state index in [1.54, 1.807) is 0 Å². The minimum atomic E-state index is 0.174. The smallest absolute Gasteiger partial charge is 0.0620 e. The topological polar surface area (TPSA) is 12.4 Å². The first-order valence-electron chi connectivity index (χ1n) is 4.36. The molecule has 0 aromatic heterocycles. The van der Waals surface area contributed by atoms with Gasteiger partial charge >= 0.3 is 0 Å². The number of hydrogen-bond donors (Lipinski definition) is 0. The molecule has 0 saturated carbocycles. The summed E-state index contributed by atoms with van der Waals surface area (Å²) in [6.45, 7) is 10.7. The molecule has 0 aliphatic carbocycles. The van der Waals surface area contributed by atoms with Crippen LogP contribution in [-0.4, -0.2) is 5.71 Å². The largest absolute Gasteiger partial charge is 0.253 e. The summed E-state index contributed by atoms with van der Waals surface area (Å²) in [5, 5.41) is 0. The first kappa shape index (κ1) is 9.24. The van der Waals surface area contributed by atoms with Gasteiger partial charge in [0.1, 0.15) is 0 Å². The second kappa shape index (κ2) is 2.89. The van der Waals surface area contributed by atoms with Crippen molar-refractivity contribution in [2.24, 2.45) is 10.4 Å². The van der Waals surface area contributed by atoms with Crippen LogP contribution < -0.4 is 0 Å². The Morgan fingerprint density at radius 2 is 1.75 bits per heavy atom. The fourth-order valence-electron chi connectivity index (χ4n) is 1.06. The van der Waals surface area contributed by atoms with E-state index in [1.807, 2.05) is 0 Å². The predicted octanol–water partition coefficient (Wildman–Crippen LogP) is 3.34. The summed E-state index contributed by atoms with van der Waals surface area (Å²) in [5.41, 5.74) is 3.76. The highest BCUT2D eigenvalue weighted by Crippen LogP contribution is 2.24. The van der Waals surface area contributed by atoms with Crippen molar-refractivity contribution in [2.75, 3.05) is 0 Å². The van der Waals surface area contributed by atoms with Crippen LogP contribution in [-0.2, 0) is 0 Å². The van der Waals surface area contributed by atoms with Gasteiger partial charge in [-0.3, -0.25) is 4.99 Å². The van der Waals surface area contributed by atoms with Crippen LogP contribution in [0.5, 0.6) is 0 Å². The standard InChI is InChI=1S/C11H17N/c1-8(2)9-6-7-10(12-9)11(3,4)5/h6-7H,1-5H3. The highest BCUT2D eigenvalue weighted by Gasteiger charge is 2.19. The molecule has 0 fully saturated rings. The second-order valence-electron chi connectivity index (χ2n) is 4.47. The molecule has 0 saturated heterocycles. The molecule has 1 aliphatic heterocycles. The van der Waals surface area contributed by atoms with Crippen LogP contribution in [0.4, 0.5) is 0 Å². The van der Waals surface area contributed by atoms with Gasteiger partial charge in [0.25, 0.3) is 0 Å². The van der Waals surface area contributed by atoms with Crippen LogP contribution in [0, 0.1) is 5.41 Å². The third kappa shape index (κ3) is 1.84. The summed E-state index contributed by atoms with van der Waals surface area (Å²) < 4.78 is 0. The van der Waals surface area contributed by atoms with E-state index in [-0.39, 0.29) is 5.41 Å². The maximum Gasteiger partial charge on any atom is 0.0620 e. The zero-order valence-corrected chi connectivity index (χ0v) is 8.60. The van der Waals surface area contributed by atoms with Crippen molar-refractivity contribution in [2.45, 2.75) is 34.6 Å². The van der Waals surface area contributed by atoms with E-state index < -0.39 is 0 Å². The Balaban J connectivity index is 2.97. The minimum absolute atomic E-state index is 0.174. The van der Waals surface area contributed by atoms with Gasteiger partial charge in [0.2, 0.25) is 0 Å². The maximum absolute atomic E-state index is 4.54. The van der Waals surface area contributed by atoms with Gasteiger partial charge in [-0.15, -0.1) is 0 Å². The van der Waals surface area contributed by atoms with Crippen LogP contribution in [0.1, 0.15) is 34.6 Å². The van der Waals surface area contributed by atoms with Crippen LogP contribution in [0.25, 0.3) is 0 Å². The van der Waals surface area contributed by atoms with Gasteiger partial charge in [0.05, 0.1) is 5.70 Å². The summed E-state index contributed by atoms with van der Waals surface area (Å²) in [7, 11) is 0. The first-order chi connectivity index (χ1) is 5.41. The average molecular weight is 163 g/mol. The van der Waals surface area contributed by atoms with E-state index in [1.165, 1.54) is 11.3 Å². The SMILES string of the molecule is CC(C)=C1C=CC(C(C)(C)C)=N1. The number of aliphatic imine (C=N–C) groups is 1. The molecule has 0 aromatic carbocycles. The van der Waals surface area contributed by atoms with Crippen molar-refractivity contribution in [3.63, 3.8) is 0 Å². The van der Waals surface area contributed by atoms with Gasteiger partial charge in [-0.2, -0.15) is 0 Å². The lowest BCUT2D eigenvalue weighted by molar-refractivity contribution is 0.595. The normalized spacial score (nSPS) is 16.8. The lowest BCUT2D eigenvalue weighted by Gasteiger charge is -2.16. The molecule has 12 heavy (non-hydrogen) atoms. The van der Waals surface area contributed by atoms with Gasteiger partial charge < -0.3 is 0 Å².